The van der Waals surface area contributed by atoms with Crippen molar-refractivity contribution in [1.82, 2.24) is 4.90 Å². The van der Waals surface area contributed by atoms with Crippen LogP contribution in [-0.2, 0) is 0 Å². The molecule has 0 saturated heterocycles. The predicted molar refractivity (Wildman–Crippen MR) is 55.6 cm³/mol. The maximum atomic E-state index is 6.07. The molecular formula is C11H22N2. The summed E-state index contributed by atoms with van der Waals surface area (Å²) in [7, 11) is 2.26. The molecule has 2 unspecified atom stereocenters. The van der Waals surface area contributed by atoms with E-state index < -0.39 is 0 Å². The second kappa shape index (κ2) is 3.97. The zero-order valence-electron chi connectivity index (χ0n) is 8.71. The van der Waals surface area contributed by atoms with E-state index >= 15 is 0 Å². The van der Waals surface area contributed by atoms with Crippen molar-refractivity contribution >= 4 is 0 Å². The van der Waals surface area contributed by atoms with E-state index in [1.807, 2.05) is 0 Å². The Morgan fingerprint density at radius 3 is 2.31 bits per heavy atom. The normalized spacial score (nSPS) is 35.3. The zero-order valence-corrected chi connectivity index (χ0v) is 8.71. The van der Waals surface area contributed by atoms with Gasteiger partial charge in [0.1, 0.15) is 0 Å². The molecule has 0 heterocycles. The van der Waals surface area contributed by atoms with Crippen LogP contribution in [-0.4, -0.2) is 30.6 Å². The van der Waals surface area contributed by atoms with E-state index in [2.05, 4.69) is 11.9 Å². The summed E-state index contributed by atoms with van der Waals surface area (Å²) in [4.78, 5) is 2.52. The van der Waals surface area contributed by atoms with Crippen molar-refractivity contribution < 1.29 is 0 Å². The molecule has 2 heteroatoms. The number of hydrogen-bond acceptors (Lipinski definition) is 2. The predicted octanol–water partition coefficient (Wildman–Crippen LogP) is 1.60. The Bertz CT molecular complexity index is 165. The molecule has 0 aromatic heterocycles. The number of rotatable bonds is 3. The van der Waals surface area contributed by atoms with Gasteiger partial charge in [-0.2, -0.15) is 0 Å². The summed E-state index contributed by atoms with van der Waals surface area (Å²) in [5.41, 5.74) is 6.07. The number of hydrogen-bond donors (Lipinski definition) is 1. The highest BCUT2D eigenvalue weighted by Gasteiger charge is 2.29. The fourth-order valence-electron chi connectivity index (χ4n) is 2.73. The van der Waals surface area contributed by atoms with Gasteiger partial charge in [0.05, 0.1) is 0 Å². The molecule has 0 spiro atoms. The van der Waals surface area contributed by atoms with Gasteiger partial charge in [-0.15, -0.1) is 0 Å². The molecular weight excluding hydrogens is 160 g/mol. The van der Waals surface area contributed by atoms with Crippen LogP contribution in [0.25, 0.3) is 0 Å². The summed E-state index contributed by atoms with van der Waals surface area (Å²) < 4.78 is 0. The number of likely N-dealkylation sites (N-methyl/N-ethyl adjacent to an activating group) is 1. The highest BCUT2D eigenvalue weighted by molar-refractivity contribution is 4.88. The summed E-state index contributed by atoms with van der Waals surface area (Å²) >= 11 is 0. The van der Waals surface area contributed by atoms with Crippen molar-refractivity contribution in [3.8, 4) is 0 Å². The molecule has 0 amide bonds. The second-order valence-corrected chi connectivity index (χ2v) is 4.90. The summed E-state index contributed by atoms with van der Waals surface area (Å²) in [6.07, 6.45) is 8.25. The zero-order chi connectivity index (χ0) is 9.26. The fraction of sp³-hybridized carbons (Fsp3) is 1.00. The minimum atomic E-state index is 0.449. The first kappa shape index (κ1) is 9.47. The minimum Gasteiger partial charge on any atom is -0.326 e. The molecule has 0 aromatic rings. The van der Waals surface area contributed by atoms with Gasteiger partial charge in [0.2, 0.25) is 0 Å². The molecule has 2 aliphatic rings. The lowest BCUT2D eigenvalue weighted by Gasteiger charge is -2.34. The highest BCUT2D eigenvalue weighted by Crippen LogP contribution is 2.29. The van der Waals surface area contributed by atoms with Gasteiger partial charge in [-0.3, -0.25) is 0 Å². The average molecular weight is 182 g/mol. The molecule has 2 fully saturated rings. The maximum absolute atomic E-state index is 6.07. The maximum Gasteiger partial charge on any atom is 0.0244 e. The van der Waals surface area contributed by atoms with Gasteiger partial charge in [-0.1, -0.05) is 12.8 Å². The Balaban J connectivity index is 1.77. The Hall–Kier alpha value is -0.0800. The highest BCUT2D eigenvalue weighted by atomic mass is 15.2. The third-order valence-corrected chi connectivity index (χ3v) is 3.87. The molecule has 0 aliphatic heterocycles. The van der Waals surface area contributed by atoms with Crippen LogP contribution in [0.3, 0.4) is 0 Å². The third-order valence-electron chi connectivity index (χ3n) is 3.87. The molecule has 2 saturated carbocycles. The Kier molecular flexibility index (Phi) is 2.89. The van der Waals surface area contributed by atoms with Crippen LogP contribution in [0.4, 0.5) is 0 Å². The van der Waals surface area contributed by atoms with Crippen molar-refractivity contribution in [1.29, 1.82) is 0 Å². The first-order valence-electron chi connectivity index (χ1n) is 5.73. The monoisotopic (exact) mass is 182 g/mol. The second-order valence-electron chi connectivity index (χ2n) is 4.90. The van der Waals surface area contributed by atoms with E-state index in [-0.39, 0.29) is 0 Å². The first-order valence-corrected chi connectivity index (χ1v) is 5.73. The summed E-state index contributed by atoms with van der Waals surface area (Å²) in [5, 5.41) is 0. The largest absolute Gasteiger partial charge is 0.326 e. The van der Waals surface area contributed by atoms with Crippen LogP contribution in [0, 0.1) is 5.92 Å². The van der Waals surface area contributed by atoms with Crippen molar-refractivity contribution in [2.24, 2.45) is 11.7 Å². The molecule has 2 aliphatic carbocycles. The van der Waals surface area contributed by atoms with E-state index in [1.54, 1.807) is 0 Å². The summed E-state index contributed by atoms with van der Waals surface area (Å²) in [6, 6.07) is 1.13. The molecule has 76 valence electrons. The lowest BCUT2D eigenvalue weighted by molar-refractivity contribution is 0.155. The van der Waals surface area contributed by atoms with Crippen LogP contribution in [0.5, 0.6) is 0 Å². The van der Waals surface area contributed by atoms with Crippen molar-refractivity contribution in [3.63, 3.8) is 0 Å². The van der Waals surface area contributed by atoms with Gasteiger partial charge in [-0.25, -0.2) is 0 Å². The van der Waals surface area contributed by atoms with Crippen molar-refractivity contribution in [2.75, 3.05) is 13.6 Å². The van der Waals surface area contributed by atoms with E-state index in [0.29, 0.717) is 12.1 Å². The van der Waals surface area contributed by atoms with Crippen LogP contribution in [0.1, 0.15) is 38.5 Å². The van der Waals surface area contributed by atoms with Crippen LogP contribution < -0.4 is 5.73 Å². The van der Waals surface area contributed by atoms with Gasteiger partial charge < -0.3 is 10.6 Å². The topological polar surface area (TPSA) is 29.3 Å². The van der Waals surface area contributed by atoms with Crippen LogP contribution in [0.15, 0.2) is 0 Å². The molecule has 2 rings (SSSR count). The Morgan fingerprint density at radius 1 is 1.15 bits per heavy atom. The van der Waals surface area contributed by atoms with Crippen molar-refractivity contribution in [2.45, 2.75) is 50.6 Å². The summed E-state index contributed by atoms with van der Waals surface area (Å²) in [5.74, 6) is 0.984. The minimum absolute atomic E-state index is 0.449. The molecule has 2 nitrogen and oxygen atoms in total. The SMILES string of the molecule is CN(CC1CCC1)C1CCCC1N. The van der Waals surface area contributed by atoms with E-state index in [4.69, 9.17) is 5.73 Å². The van der Waals surface area contributed by atoms with Gasteiger partial charge in [0.25, 0.3) is 0 Å². The average Bonchev–Trinajstić information content (AvgIpc) is 2.43. The first-order chi connectivity index (χ1) is 6.27. The molecule has 2 atom stereocenters. The lowest BCUT2D eigenvalue weighted by Crippen LogP contribution is -2.44. The number of nitrogens with zero attached hydrogens (tertiary/aromatic N) is 1. The van der Waals surface area contributed by atoms with Gasteiger partial charge in [0.15, 0.2) is 0 Å². The molecule has 0 radical (unpaired) electrons. The van der Waals surface area contributed by atoms with E-state index in [9.17, 15) is 0 Å². The van der Waals surface area contributed by atoms with E-state index in [1.165, 1.54) is 45.1 Å². The van der Waals surface area contributed by atoms with Gasteiger partial charge in [-0.05, 0) is 38.6 Å². The van der Waals surface area contributed by atoms with Gasteiger partial charge in [0, 0.05) is 18.6 Å². The lowest BCUT2D eigenvalue weighted by atomic mass is 9.85. The summed E-state index contributed by atoms with van der Waals surface area (Å²) in [6.45, 7) is 1.29. The van der Waals surface area contributed by atoms with Gasteiger partial charge >= 0.3 is 0 Å². The van der Waals surface area contributed by atoms with Crippen molar-refractivity contribution in [3.05, 3.63) is 0 Å². The smallest absolute Gasteiger partial charge is 0.0244 e. The fourth-order valence-corrected chi connectivity index (χ4v) is 2.73. The molecule has 2 N–H and O–H groups in total. The molecule has 0 aromatic carbocycles. The molecule has 0 bridgehead atoms. The third kappa shape index (κ3) is 2.05. The molecule has 13 heavy (non-hydrogen) atoms. The number of nitrogens with two attached hydrogens (primary N) is 1. The quantitative estimate of drug-likeness (QED) is 0.718. The standard InChI is InChI=1S/C11H22N2/c1-13(8-9-4-2-5-9)11-7-3-6-10(11)12/h9-11H,2-8,12H2,1H3. The van der Waals surface area contributed by atoms with Crippen LogP contribution in [0.2, 0.25) is 0 Å². The Labute approximate surface area is 81.5 Å². The van der Waals surface area contributed by atoms with E-state index in [0.717, 1.165) is 5.92 Å². The Morgan fingerprint density at radius 2 is 1.85 bits per heavy atom. The van der Waals surface area contributed by atoms with Crippen LogP contribution >= 0.6 is 0 Å².